The molecule has 1 saturated carbocycles. The first kappa shape index (κ1) is 15.5. The summed E-state index contributed by atoms with van der Waals surface area (Å²) in [5.74, 6) is -2.75. The summed E-state index contributed by atoms with van der Waals surface area (Å²) in [6, 6.07) is 6.32. The summed E-state index contributed by atoms with van der Waals surface area (Å²) >= 11 is 0. The van der Waals surface area contributed by atoms with Gasteiger partial charge in [-0.15, -0.1) is 0 Å². The molecule has 4 nitrogen and oxygen atoms in total. The Hall–Kier alpha value is -1.91. The molecular weight excluding hydrogens is 273 g/mol. The molecule has 21 heavy (non-hydrogen) atoms. The Morgan fingerprint density at radius 1 is 1.33 bits per heavy atom. The second kappa shape index (κ2) is 6.24. The van der Waals surface area contributed by atoms with Crippen LogP contribution in [-0.2, 0) is 9.59 Å². The number of hydrogen-bond donors (Lipinski definition) is 1. The highest BCUT2D eigenvalue weighted by molar-refractivity contribution is 5.84. The Morgan fingerprint density at radius 2 is 1.95 bits per heavy atom. The summed E-state index contributed by atoms with van der Waals surface area (Å²) in [5, 5.41) is 9.02. The van der Waals surface area contributed by atoms with Crippen molar-refractivity contribution in [1.29, 1.82) is 0 Å². The van der Waals surface area contributed by atoms with Crippen LogP contribution < -0.4 is 0 Å². The molecule has 0 aliphatic heterocycles. The van der Waals surface area contributed by atoms with Crippen LogP contribution in [0.2, 0.25) is 0 Å². The van der Waals surface area contributed by atoms with Crippen molar-refractivity contribution in [3.8, 4) is 0 Å². The highest BCUT2D eigenvalue weighted by atomic mass is 19.1. The van der Waals surface area contributed by atoms with E-state index in [0.717, 1.165) is 12.8 Å². The topological polar surface area (TPSA) is 57.6 Å². The third-order valence-electron chi connectivity index (χ3n) is 3.91. The minimum atomic E-state index is -0.924. The molecule has 1 aliphatic carbocycles. The molecule has 0 aromatic heterocycles. The molecular formula is C16H20FNO3. The van der Waals surface area contributed by atoms with E-state index in [9.17, 15) is 14.0 Å². The van der Waals surface area contributed by atoms with E-state index in [1.54, 1.807) is 36.9 Å². The summed E-state index contributed by atoms with van der Waals surface area (Å²) in [4.78, 5) is 25.2. The first-order valence-corrected chi connectivity index (χ1v) is 7.19. The highest BCUT2D eigenvalue weighted by Gasteiger charge is 2.36. The molecule has 1 fully saturated rings. The van der Waals surface area contributed by atoms with E-state index in [-0.39, 0.29) is 18.5 Å². The fourth-order valence-corrected chi connectivity index (χ4v) is 2.39. The third kappa shape index (κ3) is 3.60. The average Bonchev–Trinajstić information content (AvgIpc) is 3.28. The molecule has 1 N–H and O–H groups in total. The predicted molar refractivity (Wildman–Crippen MR) is 76.3 cm³/mol. The zero-order chi connectivity index (χ0) is 15.6. The van der Waals surface area contributed by atoms with Crippen molar-refractivity contribution in [2.45, 2.75) is 38.6 Å². The van der Waals surface area contributed by atoms with Crippen molar-refractivity contribution in [2.75, 3.05) is 6.54 Å². The van der Waals surface area contributed by atoms with Crippen LogP contribution >= 0.6 is 0 Å². The van der Waals surface area contributed by atoms with Gasteiger partial charge in [0.2, 0.25) is 5.91 Å². The average molecular weight is 293 g/mol. The number of carboxylic acids is 1. The third-order valence-corrected chi connectivity index (χ3v) is 3.91. The van der Waals surface area contributed by atoms with Gasteiger partial charge in [0.15, 0.2) is 0 Å². The quantitative estimate of drug-likeness (QED) is 0.877. The summed E-state index contributed by atoms with van der Waals surface area (Å²) in [6.45, 7) is 3.43. The van der Waals surface area contributed by atoms with Crippen molar-refractivity contribution >= 4 is 11.9 Å². The molecule has 0 saturated heterocycles. The largest absolute Gasteiger partial charge is 0.481 e. The number of amides is 1. The second-order valence-corrected chi connectivity index (χ2v) is 5.70. The molecule has 0 bridgehead atoms. The standard InChI is InChI=1S/C16H20FNO3/c1-10(16(20)21)9-18(12-7-8-12)15(19)11(2)13-5-3-4-6-14(13)17/h3-6,10-12H,7-9H2,1-2H3,(H,20,21). The minimum Gasteiger partial charge on any atom is -0.481 e. The Balaban J connectivity index is 2.15. The fraction of sp³-hybridized carbons (Fsp3) is 0.500. The van der Waals surface area contributed by atoms with Crippen LogP contribution in [0.3, 0.4) is 0 Å². The van der Waals surface area contributed by atoms with Gasteiger partial charge >= 0.3 is 5.97 Å². The number of aliphatic carboxylic acids is 1. The number of rotatable bonds is 6. The maximum Gasteiger partial charge on any atom is 0.308 e. The number of nitrogens with zero attached hydrogens (tertiary/aromatic N) is 1. The first-order chi connectivity index (χ1) is 9.91. The lowest BCUT2D eigenvalue weighted by molar-refractivity contribution is -0.143. The van der Waals surface area contributed by atoms with Gasteiger partial charge in [-0.05, 0) is 31.4 Å². The molecule has 1 amide bonds. The molecule has 2 unspecified atom stereocenters. The summed E-state index contributed by atoms with van der Waals surface area (Å²) in [7, 11) is 0. The van der Waals surface area contributed by atoms with E-state index in [2.05, 4.69) is 0 Å². The van der Waals surface area contributed by atoms with E-state index < -0.39 is 23.6 Å². The van der Waals surface area contributed by atoms with Crippen molar-refractivity contribution in [1.82, 2.24) is 4.90 Å². The van der Waals surface area contributed by atoms with Crippen LogP contribution in [-0.4, -0.2) is 34.5 Å². The van der Waals surface area contributed by atoms with Crippen LogP contribution in [0.4, 0.5) is 4.39 Å². The van der Waals surface area contributed by atoms with Crippen LogP contribution in [0.1, 0.15) is 38.2 Å². The zero-order valence-corrected chi connectivity index (χ0v) is 12.3. The Kier molecular flexibility index (Phi) is 4.60. The van der Waals surface area contributed by atoms with Crippen molar-refractivity contribution < 1.29 is 19.1 Å². The maximum absolute atomic E-state index is 13.8. The van der Waals surface area contributed by atoms with Gasteiger partial charge in [0.05, 0.1) is 11.8 Å². The summed E-state index contributed by atoms with van der Waals surface area (Å²) < 4.78 is 13.8. The monoisotopic (exact) mass is 293 g/mol. The van der Waals surface area contributed by atoms with Gasteiger partial charge < -0.3 is 10.0 Å². The minimum absolute atomic E-state index is 0.105. The summed E-state index contributed by atoms with van der Waals surface area (Å²) in [5.41, 5.74) is 0.358. The maximum atomic E-state index is 13.8. The highest BCUT2D eigenvalue weighted by Crippen LogP contribution is 2.31. The Bertz CT molecular complexity index is 542. The fourth-order valence-electron chi connectivity index (χ4n) is 2.39. The van der Waals surface area contributed by atoms with Crippen molar-refractivity contribution in [2.24, 2.45) is 5.92 Å². The van der Waals surface area contributed by atoms with Gasteiger partial charge in [-0.3, -0.25) is 9.59 Å². The van der Waals surface area contributed by atoms with E-state index in [1.807, 2.05) is 0 Å². The Labute approximate surface area is 123 Å². The van der Waals surface area contributed by atoms with Gasteiger partial charge in [-0.1, -0.05) is 25.1 Å². The molecule has 0 radical (unpaired) electrons. The molecule has 5 heteroatoms. The molecule has 2 rings (SSSR count). The number of hydrogen-bond acceptors (Lipinski definition) is 2. The normalized spacial score (nSPS) is 17.1. The zero-order valence-electron chi connectivity index (χ0n) is 12.3. The lowest BCUT2D eigenvalue weighted by atomic mass is 9.98. The number of carbonyl (C=O) groups excluding carboxylic acids is 1. The number of benzene rings is 1. The SMILES string of the molecule is CC(CN(C(=O)C(C)c1ccccc1F)C1CC1)C(=O)O. The van der Waals surface area contributed by atoms with Crippen molar-refractivity contribution in [3.63, 3.8) is 0 Å². The van der Waals surface area contributed by atoms with Gasteiger partial charge in [-0.2, -0.15) is 0 Å². The van der Waals surface area contributed by atoms with Crippen LogP contribution in [0.15, 0.2) is 24.3 Å². The lowest BCUT2D eigenvalue weighted by Crippen LogP contribution is -2.40. The number of halogens is 1. The molecule has 114 valence electrons. The smallest absolute Gasteiger partial charge is 0.308 e. The Morgan fingerprint density at radius 3 is 2.48 bits per heavy atom. The van der Waals surface area contributed by atoms with Crippen LogP contribution in [0, 0.1) is 11.7 Å². The molecule has 0 spiro atoms. The van der Waals surface area contributed by atoms with Gasteiger partial charge in [-0.25, -0.2) is 4.39 Å². The van der Waals surface area contributed by atoms with E-state index in [4.69, 9.17) is 5.11 Å². The van der Waals surface area contributed by atoms with Crippen LogP contribution in [0.5, 0.6) is 0 Å². The molecule has 1 aromatic rings. The van der Waals surface area contributed by atoms with Gasteiger partial charge in [0, 0.05) is 12.6 Å². The van der Waals surface area contributed by atoms with E-state index in [0.29, 0.717) is 5.56 Å². The van der Waals surface area contributed by atoms with E-state index >= 15 is 0 Å². The molecule has 1 aliphatic rings. The summed E-state index contributed by atoms with van der Waals surface area (Å²) in [6.07, 6.45) is 1.78. The number of carboxylic acid groups (broad SMARTS) is 1. The van der Waals surface area contributed by atoms with Gasteiger partial charge in [0.25, 0.3) is 0 Å². The first-order valence-electron chi connectivity index (χ1n) is 7.19. The van der Waals surface area contributed by atoms with Crippen molar-refractivity contribution in [3.05, 3.63) is 35.6 Å². The van der Waals surface area contributed by atoms with E-state index in [1.165, 1.54) is 6.07 Å². The van der Waals surface area contributed by atoms with Gasteiger partial charge in [0.1, 0.15) is 5.82 Å². The van der Waals surface area contributed by atoms with Crippen LogP contribution in [0.25, 0.3) is 0 Å². The predicted octanol–water partition coefficient (Wildman–Crippen LogP) is 2.64. The molecule has 2 atom stereocenters. The lowest BCUT2D eigenvalue weighted by Gasteiger charge is -2.27. The second-order valence-electron chi connectivity index (χ2n) is 5.70. The molecule has 1 aromatic carbocycles. The molecule has 0 heterocycles. The number of carbonyl (C=O) groups is 2.